The van der Waals surface area contributed by atoms with Gasteiger partial charge in [-0.25, -0.2) is 14.5 Å². The molecule has 30 heteroatoms. The molecule has 0 saturated carbocycles. The molecule has 6 aromatic rings. The molecule has 1 heterocycles. The summed E-state index contributed by atoms with van der Waals surface area (Å²) in [6, 6.07) is 18.2. The van der Waals surface area contributed by atoms with E-state index < -0.39 is 66.1 Å². The van der Waals surface area contributed by atoms with Gasteiger partial charge in [0.2, 0.25) is 0 Å². The third-order valence-corrected chi connectivity index (χ3v) is 21.4. The summed E-state index contributed by atoms with van der Waals surface area (Å²) >= 11 is 25.1. The Morgan fingerprint density at radius 1 is 0.625 bits per heavy atom. The van der Waals surface area contributed by atoms with E-state index in [1.807, 2.05) is 0 Å². The van der Waals surface area contributed by atoms with E-state index >= 15 is 0 Å². The van der Waals surface area contributed by atoms with E-state index in [0.717, 1.165) is 24.3 Å². The number of nitrogens with one attached hydrogen (secondary N) is 3. The fourth-order valence-corrected chi connectivity index (χ4v) is 14.0. The van der Waals surface area contributed by atoms with E-state index in [1.54, 1.807) is 24.3 Å². The molecule has 1 amide bonds. The Kier molecular flexibility index (Phi) is 19.0. The molecule has 0 saturated heterocycles. The summed E-state index contributed by atoms with van der Waals surface area (Å²) in [5.41, 5.74) is 5.16. The lowest BCUT2D eigenvalue weighted by Crippen LogP contribution is -2.19. The molecule has 1 aliphatic heterocycles. The molecule has 14 nitrogen and oxygen atoms in total. The second kappa shape index (κ2) is 23.2. The number of nitrogen functional groups attached to an aromatic ring is 1. The highest BCUT2D eigenvalue weighted by molar-refractivity contribution is 9.15. The van der Waals surface area contributed by atoms with Gasteiger partial charge < -0.3 is 25.9 Å². The minimum absolute atomic E-state index is 0.00841. The molecule has 0 bridgehead atoms. The second-order valence-electron chi connectivity index (χ2n) is 13.8. The molecule has 0 aromatic heterocycles. The van der Waals surface area contributed by atoms with Gasteiger partial charge in [-0.15, -0.1) is 0 Å². The fraction of sp³-hybridized carbons (Fsp3) is 0.0476. The molecule has 1 aliphatic rings. The van der Waals surface area contributed by atoms with Crippen molar-refractivity contribution >= 4 is 205 Å². The van der Waals surface area contributed by atoms with Crippen LogP contribution < -0.4 is 21.7 Å². The topological polar surface area (TPSA) is 203 Å². The number of anilines is 6. The van der Waals surface area contributed by atoms with Gasteiger partial charge in [0, 0.05) is 38.2 Å². The van der Waals surface area contributed by atoms with Gasteiger partial charge in [0.05, 0.1) is 67.1 Å². The Labute approximate surface area is 471 Å². The molecule has 6 aromatic carbocycles. The van der Waals surface area contributed by atoms with Gasteiger partial charge >= 0.3 is 28.4 Å². The van der Waals surface area contributed by atoms with Crippen molar-refractivity contribution in [3.63, 3.8) is 0 Å². The number of nitrogens with two attached hydrogens (primary N) is 1. The van der Waals surface area contributed by atoms with Gasteiger partial charge in [-0.1, -0.05) is 24.3 Å². The Hall–Kier alpha value is -4.08. The summed E-state index contributed by atoms with van der Waals surface area (Å²) in [7, 11) is -8.99. The molecule has 6 N–H and O–H groups in total. The molecule has 7 rings (SSSR count). The first kappa shape index (κ1) is 58.8. The maximum absolute atomic E-state index is 13.4. The minimum atomic E-state index is -4.97. The van der Waals surface area contributed by atoms with Crippen LogP contribution in [0.5, 0.6) is 0 Å². The first-order chi connectivity index (χ1) is 33.3. The van der Waals surface area contributed by atoms with Crippen LogP contribution in [0.3, 0.4) is 0 Å². The summed E-state index contributed by atoms with van der Waals surface area (Å²) in [6.45, 7) is 13.8. The number of hydrogen-bond donors (Lipinski definition) is 5. The maximum Gasteiger partial charge on any atom is 0.416 e. The highest BCUT2D eigenvalue weighted by Gasteiger charge is 2.42. The van der Waals surface area contributed by atoms with Crippen LogP contribution in [-0.2, 0) is 36.8 Å². The molecule has 0 aliphatic carbocycles. The average Bonchev–Trinajstić information content (AvgIpc) is 3.56. The van der Waals surface area contributed by atoms with Gasteiger partial charge in [0.25, 0.3) is 16.0 Å². The number of alkyl halides is 6. The number of benzene rings is 6. The Morgan fingerprint density at radius 2 is 1.06 bits per heavy atom. The van der Waals surface area contributed by atoms with Crippen molar-refractivity contribution in [1.29, 1.82) is 0 Å². The lowest BCUT2D eigenvalue weighted by atomic mass is 10.1. The molecule has 0 unspecified atom stereocenters. The van der Waals surface area contributed by atoms with Gasteiger partial charge in [-0.3, -0.25) is 9.35 Å². The van der Waals surface area contributed by atoms with Crippen molar-refractivity contribution in [3.05, 3.63) is 166 Å². The van der Waals surface area contributed by atoms with Crippen LogP contribution in [0.2, 0.25) is 0 Å². The summed E-state index contributed by atoms with van der Waals surface area (Å²) in [5.74, 6) is -2.02. The van der Waals surface area contributed by atoms with Crippen molar-refractivity contribution in [2.24, 2.45) is 0 Å². The van der Waals surface area contributed by atoms with E-state index in [1.165, 1.54) is 30.3 Å². The summed E-state index contributed by atoms with van der Waals surface area (Å²) in [4.78, 5) is 30.2. The van der Waals surface area contributed by atoms with Crippen LogP contribution >= 0.6 is 127 Å². The number of hydrogen-bond acceptors (Lipinski definition) is 10. The zero-order valence-corrected chi connectivity index (χ0v) is 48.8. The summed E-state index contributed by atoms with van der Waals surface area (Å²) in [5, 5.41) is 8.06. The lowest BCUT2D eigenvalue weighted by molar-refractivity contribution is -0.138. The maximum atomic E-state index is 13.4. The zero-order valence-electron chi connectivity index (χ0n) is 34.5. The molecule has 0 spiro atoms. The number of carbonyl (C=O) groups excluding carboxylic acids is 2. The van der Waals surface area contributed by atoms with Gasteiger partial charge in [-0.05, 0) is 188 Å². The van der Waals surface area contributed by atoms with Gasteiger partial charge in [0.15, 0.2) is 11.4 Å². The predicted octanol–water partition coefficient (Wildman–Crippen LogP) is 16.7. The number of fused-ring (bicyclic) bond motifs is 1. The van der Waals surface area contributed by atoms with Crippen LogP contribution in [0.15, 0.2) is 131 Å². The molecular formula is C42H20Br8F6N6O8S2. The number of amides is 1. The molecule has 72 heavy (non-hydrogen) atoms. The number of carbonyl (C=O) groups is 2. The molecule has 0 fully saturated rings. The number of halogens is 14. The second-order valence-corrected chi connectivity index (χ2v) is 23.0. The van der Waals surface area contributed by atoms with Crippen molar-refractivity contribution in [2.45, 2.75) is 22.1 Å². The Bertz CT molecular complexity index is 3510. The molecule has 0 radical (unpaired) electrons. The van der Waals surface area contributed by atoms with E-state index in [-0.39, 0.29) is 49.9 Å². The highest BCUT2D eigenvalue weighted by Crippen LogP contribution is 2.48. The molecule has 376 valence electrons. The SMILES string of the molecule is O=C1OS(=O)(=O)c2c(Br)c(Br)c(Br)c(Br)c21.[C-]#[N+]c1ccc(Nc2ccc(C(F)(F)F)cc2N)cc1.[C-]#[N+]c1ccc(Nc2ccc(C(F)(F)F)cc2NC(=O)c2c(Br)c(Br)c(Br)c(Br)c2S(=O)(=O)O)cc1. The normalized spacial score (nSPS) is 12.7. The smallest absolute Gasteiger partial charge is 0.397 e. The molecule has 0 atom stereocenters. The standard InChI is InChI=1S/C21H10Br4F3N3O4S.C14H10F3N3.C7Br4O4S/c1-29-10-3-5-11(6-4-10)30-12-7-2-9(21(26,27)28)8-13(12)31-20(32)14-15(22)16(23)17(24)18(25)19(14)36(33,34)35;1-19-10-3-5-11(6-4-10)20-13-7-2-9(8-12(13)18)14(15,16)17;8-2-1-6(5(11)4(10)3(2)9)16(13,14)15-7(1)12/h2-8,30H,(H,31,32)(H,33,34,35);2-8,20H,18H2;. The van der Waals surface area contributed by atoms with Gasteiger partial charge in [0.1, 0.15) is 9.79 Å². The first-order valence-corrected chi connectivity index (χ1v) is 27.7. The first-order valence-electron chi connectivity index (χ1n) is 18.5. The number of rotatable bonds is 7. The third kappa shape index (κ3) is 13.6. The Morgan fingerprint density at radius 3 is 1.51 bits per heavy atom. The highest BCUT2D eigenvalue weighted by atomic mass is 79.9. The molecular weight excluding hydrogens is 1530 g/mol. The van der Waals surface area contributed by atoms with Crippen molar-refractivity contribution in [1.82, 2.24) is 0 Å². The number of nitrogens with zero attached hydrogens (tertiary/aromatic N) is 2. The Balaban J connectivity index is 0.000000223. The van der Waals surface area contributed by atoms with Crippen LogP contribution in [0.25, 0.3) is 9.69 Å². The van der Waals surface area contributed by atoms with Crippen LogP contribution in [0.1, 0.15) is 31.8 Å². The van der Waals surface area contributed by atoms with Crippen molar-refractivity contribution in [3.8, 4) is 0 Å². The summed E-state index contributed by atoms with van der Waals surface area (Å²) in [6.07, 6.45) is -9.15. The minimum Gasteiger partial charge on any atom is -0.397 e. The largest absolute Gasteiger partial charge is 0.416 e. The lowest BCUT2D eigenvalue weighted by Gasteiger charge is -2.18. The van der Waals surface area contributed by atoms with Crippen molar-refractivity contribution < 1.29 is 61.5 Å². The van der Waals surface area contributed by atoms with Crippen LogP contribution in [-0.4, -0.2) is 33.3 Å². The third-order valence-electron chi connectivity index (χ3n) is 9.10. The van der Waals surface area contributed by atoms with Crippen LogP contribution in [0, 0.1) is 13.1 Å². The summed E-state index contributed by atoms with van der Waals surface area (Å²) < 4.78 is 141. The predicted molar refractivity (Wildman–Crippen MR) is 284 cm³/mol. The van der Waals surface area contributed by atoms with E-state index in [2.05, 4.69) is 157 Å². The zero-order chi connectivity index (χ0) is 54.0. The van der Waals surface area contributed by atoms with Crippen LogP contribution in [0.4, 0.5) is 71.8 Å². The quantitative estimate of drug-likeness (QED) is 0.0194. The average molecular weight is 1550 g/mol. The fourth-order valence-electron chi connectivity index (χ4n) is 5.79. The van der Waals surface area contributed by atoms with Crippen molar-refractivity contribution in [2.75, 3.05) is 21.7 Å². The van der Waals surface area contributed by atoms with E-state index in [0.29, 0.717) is 47.9 Å². The van der Waals surface area contributed by atoms with E-state index in [4.69, 9.17) is 18.9 Å². The van der Waals surface area contributed by atoms with E-state index in [9.17, 15) is 57.3 Å². The monoisotopic (exact) mass is 1550 g/mol. The van der Waals surface area contributed by atoms with Gasteiger partial charge in [-0.2, -0.15) is 43.2 Å².